The molecule has 2 aromatic carbocycles. The maximum Gasteiger partial charge on any atom is 0.143 e. The van der Waals surface area contributed by atoms with Gasteiger partial charge in [-0.2, -0.15) is 0 Å². The van der Waals surface area contributed by atoms with Crippen molar-refractivity contribution in [2.75, 3.05) is 18.0 Å². The van der Waals surface area contributed by atoms with Gasteiger partial charge >= 0.3 is 0 Å². The first kappa shape index (κ1) is 13.6. The summed E-state index contributed by atoms with van der Waals surface area (Å²) >= 11 is 0. The van der Waals surface area contributed by atoms with Crippen molar-refractivity contribution >= 4 is 11.4 Å². The molecular weight excluding hydrogens is 272 g/mol. The molecule has 4 rings (SSSR count). The predicted octanol–water partition coefficient (Wildman–Crippen LogP) is 3.72. The number of fused-ring (bicyclic) bond motifs is 2. The van der Waals surface area contributed by atoms with Gasteiger partial charge in [0.1, 0.15) is 12.4 Å². The molecule has 1 N–H and O–H groups in total. The lowest BCUT2D eigenvalue weighted by Crippen LogP contribution is -2.35. The molecule has 22 heavy (non-hydrogen) atoms. The molecule has 2 heterocycles. The average molecular weight is 294 g/mol. The molecule has 0 aliphatic carbocycles. The maximum absolute atomic E-state index is 6.03. The van der Waals surface area contributed by atoms with Gasteiger partial charge in [0.25, 0.3) is 0 Å². The van der Waals surface area contributed by atoms with Crippen molar-refractivity contribution in [1.29, 1.82) is 0 Å². The standard InChI is InChI=1S/C19H22N2O/c1-14-10-16(20-11-14)12-21-17-7-3-2-6-15(17)13-22-19-9-5-4-8-18(19)21/h2-9,14,16,20H,10-13H2,1H3. The number of hydrogen-bond donors (Lipinski definition) is 1. The van der Waals surface area contributed by atoms with E-state index in [1.807, 2.05) is 6.07 Å². The fraction of sp³-hybridized carbons (Fsp3) is 0.368. The molecule has 2 atom stereocenters. The van der Waals surface area contributed by atoms with E-state index in [1.165, 1.54) is 23.4 Å². The van der Waals surface area contributed by atoms with E-state index in [4.69, 9.17) is 4.74 Å². The van der Waals surface area contributed by atoms with Crippen molar-refractivity contribution in [3.63, 3.8) is 0 Å². The molecule has 114 valence electrons. The first-order valence-electron chi connectivity index (χ1n) is 8.12. The van der Waals surface area contributed by atoms with E-state index in [0.717, 1.165) is 24.8 Å². The van der Waals surface area contributed by atoms with E-state index in [2.05, 4.69) is 59.6 Å². The highest BCUT2D eigenvalue weighted by Crippen LogP contribution is 2.39. The number of para-hydroxylation sites is 3. The SMILES string of the molecule is CC1CNC(CN2c3ccccc3COc3ccccc32)C1. The van der Waals surface area contributed by atoms with E-state index in [1.54, 1.807) is 0 Å². The molecule has 0 spiro atoms. The smallest absolute Gasteiger partial charge is 0.143 e. The zero-order valence-electron chi connectivity index (χ0n) is 13.0. The molecular formula is C19H22N2O. The Morgan fingerprint density at radius 1 is 1.09 bits per heavy atom. The fourth-order valence-electron chi connectivity index (χ4n) is 3.56. The number of nitrogens with zero attached hydrogens (tertiary/aromatic N) is 1. The monoisotopic (exact) mass is 294 g/mol. The molecule has 2 aromatic rings. The highest BCUT2D eigenvalue weighted by Gasteiger charge is 2.27. The number of nitrogens with one attached hydrogen (secondary N) is 1. The fourth-order valence-corrected chi connectivity index (χ4v) is 3.56. The molecule has 0 bridgehead atoms. The zero-order chi connectivity index (χ0) is 14.9. The van der Waals surface area contributed by atoms with Crippen LogP contribution in [0, 0.1) is 5.92 Å². The summed E-state index contributed by atoms with van der Waals surface area (Å²) in [5.41, 5.74) is 3.70. The molecule has 0 aromatic heterocycles. The van der Waals surface area contributed by atoms with Crippen molar-refractivity contribution in [2.45, 2.75) is 26.0 Å². The van der Waals surface area contributed by atoms with Crippen LogP contribution in [-0.4, -0.2) is 19.1 Å². The van der Waals surface area contributed by atoms with Crippen LogP contribution in [0.15, 0.2) is 48.5 Å². The van der Waals surface area contributed by atoms with E-state index < -0.39 is 0 Å². The Morgan fingerprint density at radius 2 is 1.86 bits per heavy atom. The Morgan fingerprint density at radius 3 is 2.68 bits per heavy atom. The quantitative estimate of drug-likeness (QED) is 0.913. The molecule has 0 amide bonds. The summed E-state index contributed by atoms with van der Waals surface area (Å²) in [5, 5.41) is 3.65. The summed E-state index contributed by atoms with van der Waals surface area (Å²) in [6.07, 6.45) is 1.24. The third-order valence-electron chi connectivity index (χ3n) is 4.67. The van der Waals surface area contributed by atoms with Crippen molar-refractivity contribution < 1.29 is 4.74 Å². The van der Waals surface area contributed by atoms with Crippen LogP contribution in [-0.2, 0) is 6.61 Å². The summed E-state index contributed by atoms with van der Waals surface area (Å²) < 4.78 is 6.03. The topological polar surface area (TPSA) is 24.5 Å². The highest BCUT2D eigenvalue weighted by molar-refractivity contribution is 5.72. The van der Waals surface area contributed by atoms with Gasteiger partial charge in [-0.1, -0.05) is 37.3 Å². The van der Waals surface area contributed by atoms with E-state index in [-0.39, 0.29) is 0 Å². The molecule has 1 saturated heterocycles. The van der Waals surface area contributed by atoms with Crippen LogP contribution >= 0.6 is 0 Å². The van der Waals surface area contributed by atoms with Crippen molar-refractivity contribution in [2.24, 2.45) is 5.92 Å². The van der Waals surface area contributed by atoms with Crippen LogP contribution in [0.25, 0.3) is 0 Å². The van der Waals surface area contributed by atoms with Gasteiger partial charge in [-0.15, -0.1) is 0 Å². The molecule has 0 saturated carbocycles. The minimum atomic E-state index is 0.536. The number of hydrogen-bond acceptors (Lipinski definition) is 3. The largest absolute Gasteiger partial charge is 0.487 e. The Kier molecular flexibility index (Phi) is 3.51. The van der Waals surface area contributed by atoms with Crippen LogP contribution in [0.3, 0.4) is 0 Å². The highest BCUT2D eigenvalue weighted by atomic mass is 16.5. The van der Waals surface area contributed by atoms with Crippen LogP contribution in [0.1, 0.15) is 18.9 Å². The van der Waals surface area contributed by atoms with Gasteiger partial charge in [-0.05, 0) is 37.1 Å². The molecule has 3 nitrogen and oxygen atoms in total. The van der Waals surface area contributed by atoms with Gasteiger partial charge in [-0.25, -0.2) is 0 Å². The van der Waals surface area contributed by atoms with Gasteiger partial charge in [0.15, 0.2) is 0 Å². The predicted molar refractivity (Wildman–Crippen MR) is 89.8 cm³/mol. The Balaban J connectivity index is 1.74. The second-order valence-corrected chi connectivity index (χ2v) is 6.44. The second-order valence-electron chi connectivity index (χ2n) is 6.44. The normalized spacial score (nSPS) is 23.4. The second kappa shape index (κ2) is 5.65. The third-order valence-corrected chi connectivity index (χ3v) is 4.67. The van der Waals surface area contributed by atoms with Crippen LogP contribution in [0.2, 0.25) is 0 Å². The third kappa shape index (κ3) is 2.46. The van der Waals surface area contributed by atoms with Crippen molar-refractivity contribution in [3.05, 3.63) is 54.1 Å². The summed E-state index contributed by atoms with van der Waals surface area (Å²) in [7, 11) is 0. The van der Waals surface area contributed by atoms with Gasteiger partial charge in [0.2, 0.25) is 0 Å². The van der Waals surface area contributed by atoms with E-state index >= 15 is 0 Å². The lowest BCUT2D eigenvalue weighted by atomic mass is 10.1. The summed E-state index contributed by atoms with van der Waals surface area (Å²) in [4.78, 5) is 2.42. The number of benzene rings is 2. The van der Waals surface area contributed by atoms with E-state index in [9.17, 15) is 0 Å². The lowest BCUT2D eigenvalue weighted by Gasteiger charge is -2.28. The van der Waals surface area contributed by atoms with Gasteiger partial charge in [0.05, 0.1) is 5.69 Å². The molecule has 0 radical (unpaired) electrons. The van der Waals surface area contributed by atoms with Gasteiger partial charge in [0, 0.05) is 23.8 Å². The molecule has 3 heteroatoms. The number of ether oxygens (including phenoxy) is 1. The molecule has 2 aliphatic heterocycles. The summed E-state index contributed by atoms with van der Waals surface area (Å²) in [6, 6.07) is 17.5. The number of anilines is 2. The molecule has 1 fully saturated rings. The van der Waals surface area contributed by atoms with Crippen LogP contribution < -0.4 is 15.0 Å². The zero-order valence-corrected chi connectivity index (χ0v) is 13.0. The maximum atomic E-state index is 6.03. The Bertz CT molecular complexity index is 622. The van der Waals surface area contributed by atoms with Crippen molar-refractivity contribution in [1.82, 2.24) is 5.32 Å². The van der Waals surface area contributed by atoms with Crippen LogP contribution in [0.5, 0.6) is 5.75 Å². The lowest BCUT2D eigenvalue weighted by molar-refractivity contribution is 0.310. The molecule has 2 unspecified atom stereocenters. The van der Waals surface area contributed by atoms with Gasteiger partial charge < -0.3 is 15.0 Å². The number of rotatable bonds is 2. The minimum Gasteiger partial charge on any atom is -0.487 e. The first-order chi connectivity index (χ1) is 10.8. The average Bonchev–Trinajstić information content (AvgIpc) is 2.89. The Hall–Kier alpha value is -2.00. The van der Waals surface area contributed by atoms with Crippen LogP contribution in [0.4, 0.5) is 11.4 Å². The summed E-state index contributed by atoms with van der Waals surface area (Å²) in [5.74, 6) is 1.74. The van der Waals surface area contributed by atoms with E-state index in [0.29, 0.717) is 12.6 Å². The van der Waals surface area contributed by atoms with Crippen molar-refractivity contribution in [3.8, 4) is 5.75 Å². The Labute approximate surface area is 131 Å². The van der Waals surface area contributed by atoms with Gasteiger partial charge in [-0.3, -0.25) is 0 Å². The summed E-state index contributed by atoms with van der Waals surface area (Å²) in [6.45, 7) is 5.07. The molecule has 2 aliphatic rings. The first-order valence-corrected chi connectivity index (χ1v) is 8.12. The minimum absolute atomic E-state index is 0.536.